The van der Waals surface area contributed by atoms with Gasteiger partial charge in [0.2, 0.25) is 0 Å². The van der Waals surface area contributed by atoms with Crippen LogP contribution in [0.2, 0.25) is 0 Å². The molecule has 1 radical (unpaired) electrons. The molecule has 4 atom stereocenters. The van der Waals surface area contributed by atoms with E-state index in [2.05, 4.69) is 0 Å². The van der Waals surface area contributed by atoms with Gasteiger partial charge in [-0.15, -0.1) is 0 Å². The molecule has 147 valence electrons. The first-order chi connectivity index (χ1) is 12.9. The highest BCUT2D eigenvalue weighted by Crippen LogP contribution is 2.40. The SMILES string of the molecule is [B]1OC(C2COCCCCCCCO2)[C@H]([C@H]2COC3(CCCCC3)O2)O1. The Hall–Kier alpha value is -0.175. The fourth-order valence-corrected chi connectivity index (χ4v) is 4.51. The van der Waals surface area contributed by atoms with E-state index in [1.54, 1.807) is 0 Å². The van der Waals surface area contributed by atoms with Gasteiger partial charge in [-0.2, -0.15) is 0 Å². The van der Waals surface area contributed by atoms with E-state index in [9.17, 15) is 0 Å². The molecule has 26 heavy (non-hydrogen) atoms. The Kier molecular flexibility index (Phi) is 6.89. The van der Waals surface area contributed by atoms with E-state index in [4.69, 9.17) is 28.3 Å². The van der Waals surface area contributed by atoms with Crippen LogP contribution in [0.3, 0.4) is 0 Å². The zero-order valence-electron chi connectivity index (χ0n) is 15.7. The quantitative estimate of drug-likeness (QED) is 0.700. The Morgan fingerprint density at radius 3 is 2.23 bits per heavy atom. The number of ether oxygens (including phenoxy) is 4. The first-order valence-corrected chi connectivity index (χ1v) is 10.5. The van der Waals surface area contributed by atoms with Gasteiger partial charge in [-0.25, -0.2) is 0 Å². The molecule has 7 heteroatoms. The van der Waals surface area contributed by atoms with Crippen molar-refractivity contribution in [3.63, 3.8) is 0 Å². The molecule has 4 aliphatic rings. The van der Waals surface area contributed by atoms with Crippen LogP contribution in [0, 0.1) is 0 Å². The Balaban J connectivity index is 1.37. The fourth-order valence-electron chi connectivity index (χ4n) is 4.51. The van der Waals surface area contributed by atoms with Gasteiger partial charge in [-0.05, 0) is 25.7 Å². The normalized spacial score (nSPS) is 39.4. The lowest BCUT2D eigenvalue weighted by atomic mass is 9.94. The van der Waals surface area contributed by atoms with Crippen LogP contribution in [0.5, 0.6) is 0 Å². The van der Waals surface area contributed by atoms with E-state index in [-0.39, 0.29) is 24.4 Å². The van der Waals surface area contributed by atoms with Gasteiger partial charge in [0.15, 0.2) is 5.79 Å². The lowest BCUT2D eigenvalue weighted by Gasteiger charge is -2.34. The van der Waals surface area contributed by atoms with Crippen LogP contribution in [0.25, 0.3) is 0 Å². The van der Waals surface area contributed by atoms with Crippen LogP contribution in [-0.2, 0) is 28.3 Å². The van der Waals surface area contributed by atoms with Crippen LogP contribution in [0.15, 0.2) is 0 Å². The second-order valence-electron chi connectivity index (χ2n) is 7.99. The molecule has 4 rings (SSSR count). The lowest BCUT2D eigenvalue weighted by molar-refractivity contribution is -0.198. The van der Waals surface area contributed by atoms with Crippen LogP contribution >= 0.6 is 0 Å². The van der Waals surface area contributed by atoms with Gasteiger partial charge in [-0.1, -0.05) is 25.7 Å². The maximum absolute atomic E-state index is 6.37. The van der Waals surface area contributed by atoms with Crippen LogP contribution < -0.4 is 0 Å². The first kappa shape index (κ1) is 19.2. The molecule has 1 spiro atoms. The summed E-state index contributed by atoms with van der Waals surface area (Å²) in [4.78, 5) is 0. The van der Waals surface area contributed by atoms with Gasteiger partial charge in [0, 0.05) is 26.1 Å². The zero-order chi connectivity index (χ0) is 17.7. The molecule has 1 aliphatic carbocycles. The first-order valence-electron chi connectivity index (χ1n) is 10.5. The van der Waals surface area contributed by atoms with Crippen molar-refractivity contribution in [1.82, 2.24) is 0 Å². The summed E-state index contributed by atoms with van der Waals surface area (Å²) in [6.07, 6.45) is 10.8. The molecule has 6 nitrogen and oxygen atoms in total. The number of hydrogen-bond acceptors (Lipinski definition) is 6. The molecule has 0 aromatic heterocycles. The molecule has 0 N–H and O–H groups in total. The van der Waals surface area contributed by atoms with E-state index in [1.165, 1.54) is 46.2 Å². The van der Waals surface area contributed by atoms with Crippen molar-refractivity contribution >= 4 is 7.69 Å². The Morgan fingerprint density at radius 2 is 1.38 bits per heavy atom. The van der Waals surface area contributed by atoms with Crippen molar-refractivity contribution < 1.29 is 28.3 Å². The van der Waals surface area contributed by atoms with Crippen molar-refractivity contribution in [3.05, 3.63) is 0 Å². The van der Waals surface area contributed by atoms with E-state index in [1.807, 2.05) is 0 Å². The molecule has 0 aromatic carbocycles. The topological polar surface area (TPSA) is 55.4 Å². The second kappa shape index (κ2) is 9.35. The summed E-state index contributed by atoms with van der Waals surface area (Å²) in [7, 11) is 1.44. The minimum Gasteiger partial charge on any atom is -0.405 e. The molecule has 2 unspecified atom stereocenters. The molecule has 3 heterocycles. The van der Waals surface area contributed by atoms with Crippen LogP contribution in [0.4, 0.5) is 0 Å². The average molecular weight is 367 g/mol. The third-order valence-corrected chi connectivity index (χ3v) is 6.02. The van der Waals surface area contributed by atoms with Crippen molar-refractivity contribution in [2.75, 3.05) is 26.4 Å². The van der Waals surface area contributed by atoms with E-state index in [0.29, 0.717) is 13.2 Å². The monoisotopic (exact) mass is 367 g/mol. The molecule has 4 fully saturated rings. The molecule has 3 aliphatic heterocycles. The summed E-state index contributed by atoms with van der Waals surface area (Å²) in [5.41, 5.74) is 0. The Labute approximate surface area is 157 Å². The smallest absolute Gasteiger partial charge is 0.405 e. The molecule has 0 amide bonds. The van der Waals surface area contributed by atoms with E-state index >= 15 is 0 Å². The van der Waals surface area contributed by atoms with Crippen molar-refractivity contribution in [3.8, 4) is 0 Å². The summed E-state index contributed by atoms with van der Waals surface area (Å²) >= 11 is 0. The Bertz CT molecular complexity index is 418. The van der Waals surface area contributed by atoms with Gasteiger partial charge in [0.05, 0.1) is 25.4 Å². The highest BCUT2D eigenvalue weighted by Gasteiger charge is 2.50. The molecular weight excluding hydrogens is 335 g/mol. The number of hydrogen-bond donors (Lipinski definition) is 0. The van der Waals surface area contributed by atoms with Crippen molar-refractivity contribution in [1.29, 1.82) is 0 Å². The minimum atomic E-state index is -0.398. The van der Waals surface area contributed by atoms with Crippen LogP contribution in [-0.4, -0.2) is 64.3 Å². The maximum Gasteiger partial charge on any atom is 0.488 e. The predicted octanol–water partition coefficient (Wildman–Crippen LogP) is 2.75. The van der Waals surface area contributed by atoms with E-state index in [0.717, 1.165) is 38.9 Å². The highest BCUT2D eigenvalue weighted by atomic mass is 16.8. The van der Waals surface area contributed by atoms with Crippen LogP contribution in [0.1, 0.15) is 64.2 Å². The van der Waals surface area contributed by atoms with Gasteiger partial charge >= 0.3 is 7.69 Å². The van der Waals surface area contributed by atoms with E-state index < -0.39 is 5.79 Å². The third-order valence-electron chi connectivity index (χ3n) is 6.02. The summed E-state index contributed by atoms with van der Waals surface area (Å²) in [5.74, 6) is -0.398. The van der Waals surface area contributed by atoms with Crippen molar-refractivity contribution in [2.45, 2.75) is 94.4 Å². The average Bonchev–Trinajstić information content (AvgIpc) is 3.28. The predicted molar refractivity (Wildman–Crippen MR) is 95.8 cm³/mol. The third kappa shape index (κ3) is 4.62. The van der Waals surface area contributed by atoms with Gasteiger partial charge in [0.1, 0.15) is 12.2 Å². The molecule has 0 bridgehead atoms. The van der Waals surface area contributed by atoms with Gasteiger partial charge in [0.25, 0.3) is 0 Å². The molecule has 3 saturated heterocycles. The second-order valence-corrected chi connectivity index (χ2v) is 7.99. The maximum atomic E-state index is 6.37. The summed E-state index contributed by atoms with van der Waals surface area (Å²) in [6, 6.07) is 0. The molecular formula is C19H32BO6. The largest absolute Gasteiger partial charge is 0.488 e. The fraction of sp³-hybridized carbons (Fsp3) is 1.00. The number of rotatable bonds is 2. The summed E-state index contributed by atoms with van der Waals surface area (Å²) < 4.78 is 36.1. The molecule has 1 saturated carbocycles. The highest BCUT2D eigenvalue weighted by molar-refractivity contribution is 6.19. The summed E-state index contributed by atoms with van der Waals surface area (Å²) in [6.45, 7) is 2.63. The standard InChI is InChI=1S/C19H32BO6/c1-2-7-11-21-13-15(22-12-8-3-1)17-18(26-20-25-17)16-14-23-19(24-16)9-5-4-6-10-19/h15-18H,1-14H2/t15?,16-,17?,18+/m1/s1. The lowest BCUT2D eigenvalue weighted by Crippen LogP contribution is -2.47. The van der Waals surface area contributed by atoms with Gasteiger partial charge < -0.3 is 28.3 Å². The minimum absolute atomic E-state index is 0.112. The summed E-state index contributed by atoms with van der Waals surface area (Å²) in [5, 5.41) is 0. The van der Waals surface area contributed by atoms with Crippen molar-refractivity contribution in [2.24, 2.45) is 0 Å². The Morgan fingerprint density at radius 1 is 0.692 bits per heavy atom. The van der Waals surface area contributed by atoms with Gasteiger partial charge in [-0.3, -0.25) is 0 Å². The zero-order valence-corrected chi connectivity index (χ0v) is 15.7. The molecule has 0 aromatic rings.